The summed E-state index contributed by atoms with van der Waals surface area (Å²) in [5.74, 6) is 0. The Labute approximate surface area is 145 Å². The van der Waals surface area contributed by atoms with Crippen molar-refractivity contribution in [2.75, 3.05) is 0 Å². The monoisotopic (exact) mass is 382 g/mol. The molecule has 0 atom stereocenters. The van der Waals surface area contributed by atoms with Crippen LogP contribution >= 0.6 is 27.7 Å². The van der Waals surface area contributed by atoms with Crippen LogP contribution < -0.4 is 0 Å². The second-order valence-electron chi connectivity index (χ2n) is 5.15. The van der Waals surface area contributed by atoms with E-state index < -0.39 is 0 Å². The molecule has 0 saturated carbocycles. The van der Waals surface area contributed by atoms with Crippen molar-refractivity contribution in [3.8, 4) is 0 Å². The number of halogens is 1. The number of nitrogens with zero attached hydrogens (tertiary/aromatic N) is 1. The summed E-state index contributed by atoms with van der Waals surface area (Å²) in [5.41, 5.74) is 2.47. The number of rotatable bonds is 2. The maximum atomic E-state index is 12.3. The maximum Gasteiger partial charge on any atom is 0.227 e. The zero-order valence-electron chi connectivity index (χ0n) is 11.9. The van der Waals surface area contributed by atoms with E-state index in [2.05, 4.69) is 44.1 Å². The normalized spacial score (nSPS) is 11.2. The van der Waals surface area contributed by atoms with Crippen LogP contribution in [0.3, 0.4) is 0 Å². The van der Waals surface area contributed by atoms with E-state index in [0.717, 1.165) is 38.0 Å². The number of H-pyrrole nitrogens is 1. The number of nitrogens with one attached hydrogen (secondary N) is 1. The highest BCUT2D eigenvalue weighted by atomic mass is 79.9. The Bertz CT molecular complexity index is 972. The highest BCUT2D eigenvalue weighted by molar-refractivity contribution is 9.10. The molecule has 0 radical (unpaired) electrons. The number of aromatic nitrogens is 2. The molecule has 23 heavy (non-hydrogen) atoms. The molecule has 0 aliphatic carbocycles. The van der Waals surface area contributed by atoms with Gasteiger partial charge >= 0.3 is 0 Å². The van der Waals surface area contributed by atoms with Gasteiger partial charge < -0.3 is 4.98 Å². The standard InChI is InChI=1S/C18H11BrN2OS/c19-14-7-5-11(6-8-14)17(22)23-18-20-15-9-12-3-1-2-4-13(12)10-16(15)21-18/h1-10H,(H,20,21). The van der Waals surface area contributed by atoms with Gasteiger partial charge in [0, 0.05) is 10.0 Å². The van der Waals surface area contributed by atoms with Crippen LogP contribution in [0.1, 0.15) is 10.4 Å². The van der Waals surface area contributed by atoms with E-state index in [1.54, 1.807) is 12.1 Å². The fraction of sp³-hybridized carbons (Fsp3) is 0. The van der Waals surface area contributed by atoms with Crippen molar-refractivity contribution in [1.82, 2.24) is 9.97 Å². The lowest BCUT2D eigenvalue weighted by molar-refractivity contribution is 0.108. The quantitative estimate of drug-likeness (QED) is 0.471. The van der Waals surface area contributed by atoms with Gasteiger partial charge in [0.2, 0.25) is 5.12 Å². The molecule has 5 heteroatoms. The van der Waals surface area contributed by atoms with Crippen LogP contribution in [0.25, 0.3) is 21.8 Å². The molecule has 112 valence electrons. The predicted octanol–water partition coefficient (Wildman–Crippen LogP) is 5.41. The third kappa shape index (κ3) is 2.90. The molecule has 3 aromatic carbocycles. The molecule has 4 aromatic rings. The molecule has 1 N–H and O–H groups in total. The van der Waals surface area contributed by atoms with E-state index in [4.69, 9.17) is 0 Å². The summed E-state index contributed by atoms with van der Waals surface area (Å²) in [5, 5.41) is 2.88. The van der Waals surface area contributed by atoms with Crippen LogP contribution in [0.2, 0.25) is 0 Å². The zero-order chi connectivity index (χ0) is 15.8. The smallest absolute Gasteiger partial charge is 0.227 e. The summed E-state index contributed by atoms with van der Waals surface area (Å²) in [6.07, 6.45) is 0. The number of imidazole rings is 1. The summed E-state index contributed by atoms with van der Waals surface area (Å²) < 4.78 is 0.953. The van der Waals surface area contributed by atoms with Gasteiger partial charge in [-0.25, -0.2) is 4.98 Å². The molecule has 1 heterocycles. The van der Waals surface area contributed by atoms with E-state index in [9.17, 15) is 4.79 Å². The van der Waals surface area contributed by atoms with Crippen LogP contribution in [-0.4, -0.2) is 15.1 Å². The summed E-state index contributed by atoms with van der Waals surface area (Å²) >= 11 is 4.48. The Morgan fingerprint density at radius 1 is 1.00 bits per heavy atom. The van der Waals surface area contributed by atoms with Gasteiger partial charge in [0.25, 0.3) is 0 Å². The number of carbonyl (C=O) groups is 1. The third-order valence-electron chi connectivity index (χ3n) is 3.60. The first kappa shape index (κ1) is 14.5. The summed E-state index contributed by atoms with van der Waals surface area (Å²) in [4.78, 5) is 20.1. The molecular weight excluding hydrogens is 372 g/mol. The van der Waals surface area contributed by atoms with E-state index in [0.29, 0.717) is 10.7 Å². The van der Waals surface area contributed by atoms with E-state index >= 15 is 0 Å². The second kappa shape index (κ2) is 5.83. The fourth-order valence-electron chi connectivity index (χ4n) is 2.45. The van der Waals surface area contributed by atoms with Crippen molar-refractivity contribution in [3.05, 3.63) is 70.7 Å². The number of benzene rings is 3. The molecule has 0 unspecified atom stereocenters. The minimum atomic E-state index is -0.0267. The number of carbonyl (C=O) groups excluding carboxylic acids is 1. The second-order valence-corrected chi connectivity index (χ2v) is 7.03. The highest BCUT2D eigenvalue weighted by Gasteiger charge is 2.12. The summed E-state index contributed by atoms with van der Waals surface area (Å²) in [6.45, 7) is 0. The molecule has 1 aromatic heterocycles. The Balaban J connectivity index is 1.67. The first-order chi connectivity index (χ1) is 11.2. The number of hydrogen-bond acceptors (Lipinski definition) is 3. The van der Waals surface area contributed by atoms with Gasteiger partial charge in [-0.2, -0.15) is 0 Å². The van der Waals surface area contributed by atoms with Crippen molar-refractivity contribution in [1.29, 1.82) is 0 Å². The Morgan fingerprint density at radius 2 is 1.70 bits per heavy atom. The number of thioether (sulfide) groups is 1. The van der Waals surface area contributed by atoms with E-state index in [1.165, 1.54) is 0 Å². The first-order valence-electron chi connectivity index (χ1n) is 7.05. The predicted molar refractivity (Wildman–Crippen MR) is 97.9 cm³/mol. The van der Waals surface area contributed by atoms with Gasteiger partial charge in [-0.1, -0.05) is 40.2 Å². The van der Waals surface area contributed by atoms with Gasteiger partial charge in [-0.3, -0.25) is 4.79 Å². The molecule has 0 saturated heterocycles. The number of hydrogen-bond donors (Lipinski definition) is 1. The molecule has 4 rings (SSSR count). The van der Waals surface area contributed by atoms with E-state index in [1.807, 2.05) is 30.3 Å². The summed E-state index contributed by atoms with van der Waals surface area (Å²) in [6, 6.07) is 19.6. The van der Waals surface area contributed by atoms with Gasteiger partial charge in [0.1, 0.15) is 0 Å². The average Bonchev–Trinajstić information content (AvgIpc) is 2.94. The van der Waals surface area contributed by atoms with Gasteiger partial charge in [0.05, 0.1) is 11.0 Å². The summed E-state index contributed by atoms with van der Waals surface area (Å²) in [7, 11) is 0. The van der Waals surface area contributed by atoms with Crippen molar-refractivity contribution >= 4 is 54.6 Å². The lowest BCUT2D eigenvalue weighted by Gasteiger charge is -1.98. The third-order valence-corrected chi connectivity index (χ3v) is 4.93. The maximum absolute atomic E-state index is 12.3. The van der Waals surface area contributed by atoms with Gasteiger partial charge in [-0.05, 0) is 58.9 Å². The Morgan fingerprint density at radius 3 is 2.43 bits per heavy atom. The van der Waals surface area contributed by atoms with Crippen molar-refractivity contribution in [2.45, 2.75) is 5.16 Å². The van der Waals surface area contributed by atoms with Crippen LogP contribution in [0.15, 0.2) is 70.3 Å². The van der Waals surface area contributed by atoms with Crippen LogP contribution in [0, 0.1) is 0 Å². The van der Waals surface area contributed by atoms with Crippen molar-refractivity contribution < 1.29 is 4.79 Å². The molecule has 0 bridgehead atoms. The van der Waals surface area contributed by atoms with Crippen LogP contribution in [0.5, 0.6) is 0 Å². The van der Waals surface area contributed by atoms with Gasteiger partial charge in [-0.15, -0.1) is 0 Å². The molecule has 0 aliphatic heterocycles. The minimum absolute atomic E-state index is 0.0267. The molecule has 3 nitrogen and oxygen atoms in total. The highest BCUT2D eigenvalue weighted by Crippen LogP contribution is 2.26. The number of fused-ring (bicyclic) bond motifs is 2. The molecular formula is C18H11BrN2OS. The zero-order valence-corrected chi connectivity index (χ0v) is 14.3. The minimum Gasteiger partial charge on any atom is -0.333 e. The average molecular weight is 383 g/mol. The van der Waals surface area contributed by atoms with Crippen molar-refractivity contribution in [3.63, 3.8) is 0 Å². The molecule has 0 fully saturated rings. The Hall–Kier alpha value is -2.11. The SMILES string of the molecule is O=C(Sc1nc2cc3ccccc3cc2[nH]1)c1ccc(Br)cc1. The first-order valence-corrected chi connectivity index (χ1v) is 8.66. The van der Waals surface area contributed by atoms with Crippen LogP contribution in [-0.2, 0) is 0 Å². The van der Waals surface area contributed by atoms with Crippen LogP contribution in [0.4, 0.5) is 0 Å². The molecule has 0 spiro atoms. The lowest BCUT2D eigenvalue weighted by atomic mass is 10.1. The molecule has 0 aliphatic rings. The van der Waals surface area contributed by atoms with Crippen molar-refractivity contribution in [2.24, 2.45) is 0 Å². The van der Waals surface area contributed by atoms with E-state index in [-0.39, 0.29) is 5.12 Å². The Kier molecular flexibility index (Phi) is 3.67. The lowest BCUT2D eigenvalue weighted by Crippen LogP contribution is -1.93. The fourth-order valence-corrected chi connectivity index (χ4v) is 3.45. The number of aromatic amines is 1. The van der Waals surface area contributed by atoms with Gasteiger partial charge in [0.15, 0.2) is 5.16 Å². The molecule has 0 amide bonds. The topological polar surface area (TPSA) is 45.8 Å². The largest absolute Gasteiger partial charge is 0.333 e.